The number of nitro benzene ring substituents is 1. The normalized spacial score (nSPS) is 10.1. The van der Waals surface area contributed by atoms with Crippen LogP contribution in [0.5, 0.6) is 0 Å². The Labute approximate surface area is 131 Å². The van der Waals surface area contributed by atoms with Crippen molar-refractivity contribution in [2.45, 2.75) is 6.42 Å². The zero-order valence-corrected chi connectivity index (χ0v) is 12.1. The van der Waals surface area contributed by atoms with Crippen molar-refractivity contribution < 1.29 is 19.6 Å². The highest BCUT2D eigenvalue weighted by atomic mass is 16.6. The average Bonchev–Trinajstić information content (AvgIpc) is 2.55. The number of hydrogen-bond donors (Lipinski definition) is 2. The summed E-state index contributed by atoms with van der Waals surface area (Å²) < 4.78 is 0. The van der Waals surface area contributed by atoms with E-state index in [-0.39, 0.29) is 11.3 Å². The predicted octanol–water partition coefficient (Wildman–Crippen LogP) is 2.27. The smallest absolute Gasteiger partial charge is 0.336 e. The molecule has 0 saturated heterocycles. The van der Waals surface area contributed by atoms with Crippen LogP contribution in [-0.2, 0) is 6.42 Å². The Hall–Kier alpha value is -3.22. The summed E-state index contributed by atoms with van der Waals surface area (Å²) in [5.41, 5.74) is 0.172. The van der Waals surface area contributed by atoms with E-state index < -0.39 is 22.4 Å². The molecule has 2 aromatic carbocycles. The number of carboxylic acids is 1. The molecule has 0 atom stereocenters. The Morgan fingerprint density at radius 1 is 1.09 bits per heavy atom. The van der Waals surface area contributed by atoms with Crippen LogP contribution < -0.4 is 5.32 Å². The van der Waals surface area contributed by atoms with Gasteiger partial charge in [0.05, 0.1) is 16.1 Å². The van der Waals surface area contributed by atoms with Crippen LogP contribution in [0.25, 0.3) is 0 Å². The second-order valence-corrected chi connectivity index (χ2v) is 4.78. The molecule has 0 aliphatic rings. The van der Waals surface area contributed by atoms with Gasteiger partial charge in [-0.2, -0.15) is 0 Å². The molecule has 118 valence electrons. The van der Waals surface area contributed by atoms with Crippen molar-refractivity contribution in [3.63, 3.8) is 0 Å². The summed E-state index contributed by atoms with van der Waals surface area (Å²) in [4.78, 5) is 33.3. The first-order valence-electron chi connectivity index (χ1n) is 6.83. The first-order chi connectivity index (χ1) is 11.0. The van der Waals surface area contributed by atoms with Crippen LogP contribution in [0.2, 0.25) is 0 Å². The van der Waals surface area contributed by atoms with Crippen LogP contribution in [0.4, 0.5) is 5.69 Å². The first-order valence-corrected chi connectivity index (χ1v) is 6.83. The molecule has 0 aliphatic carbocycles. The Morgan fingerprint density at radius 3 is 2.39 bits per heavy atom. The third kappa shape index (κ3) is 4.13. The molecule has 2 N–H and O–H groups in total. The zero-order valence-electron chi connectivity index (χ0n) is 12.1. The minimum atomic E-state index is -1.39. The Balaban J connectivity index is 2.09. The van der Waals surface area contributed by atoms with Gasteiger partial charge in [-0.05, 0) is 18.1 Å². The molecule has 7 nitrogen and oxygen atoms in total. The molecule has 0 saturated carbocycles. The topological polar surface area (TPSA) is 110 Å². The molecule has 0 bridgehead atoms. The number of hydrogen-bond acceptors (Lipinski definition) is 4. The van der Waals surface area contributed by atoms with Crippen LogP contribution in [0, 0.1) is 10.1 Å². The molecular formula is C16H14N2O5. The van der Waals surface area contributed by atoms with Crippen molar-refractivity contribution in [3.8, 4) is 0 Å². The number of non-ortho nitro benzene ring substituents is 1. The minimum Gasteiger partial charge on any atom is -0.478 e. The summed E-state index contributed by atoms with van der Waals surface area (Å²) >= 11 is 0. The maximum absolute atomic E-state index is 12.1. The molecule has 0 fully saturated rings. The van der Waals surface area contributed by atoms with E-state index in [1.165, 1.54) is 0 Å². The Morgan fingerprint density at radius 2 is 1.78 bits per heavy atom. The maximum Gasteiger partial charge on any atom is 0.336 e. The summed E-state index contributed by atoms with van der Waals surface area (Å²) in [6, 6.07) is 12.6. The van der Waals surface area contributed by atoms with Gasteiger partial charge in [0.2, 0.25) is 0 Å². The maximum atomic E-state index is 12.1. The van der Waals surface area contributed by atoms with E-state index >= 15 is 0 Å². The molecule has 2 rings (SSSR count). The van der Waals surface area contributed by atoms with E-state index in [1.807, 2.05) is 30.3 Å². The highest BCUT2D eigenvalue weighted by molar-refractivity contribution is 6.05. The van der Waals surface area contributed by atoms with Gasteiger partial charge in [-0.25, -0.2) is 4.79 Å². The van der Waals surface area contributed by atoms with E-state index in [9.17, 15) is 19.7 Å². The third-order valence-electron chi connectivity index (χ3n) is 3.23. The third-order valence-corrected chi connectivity index (χ3v) is 3.23. The van der Waals surface area contributed by atoms with Crippen LogP contribution in [0.1, 0.15) is 26.3 Å². The summed E-state index contributed by atoms with van der Waals surface area (Å²) in [5, 5.41) is 22.4. The fraction of sp³-hybridized carbons (Fsp3) is 0.125. The number of carboxylic acid groups (broad SMARTS) is 1. The van der Waals surface area contributed by atoms with Crippen molar-refractivity contribution in [2.24, 2.45) is 0 Å². The Kier molecular flexibility index (Phi) is 5.03. The van der Waals surface area contributed by atoms with Gasteiger partial charge < -0.3 is 10.4 Å². The molecule has 0 unspecified atom stereocenters. The first kappa shape index (κ1) is 16.2. The van der Waals surface area contributed by atoms with Crippen molar-refractivity contribution in [1.29, 1.82) is 0 Å². The lowest BCUT2D eigenvalue weighted by atomic mass is 10.1. The molecule has 0 radical (unpaired) electrons. The lowest BCUT2D eigenvalue weighted by Gasteiger charge is -2.08. The quantitative estimate of drug-likeness (QED) is 0.628. The summed E-state index contributed by atoms with van der Waals surface area (Å²) in [6.07, 6.45) is 0.599. The molecule has 0 aliphatic heterocycles. The van der Waals surface area contributed by atoms with Crippen LogP contribution in [0.15, 0.2) is 48.5 Å². The highest BCUT2D eigenvalue weighted by Gasteiger charge is 2.20. The molecule has 23 heavy (non-hydrogen) atoms. The minimum absolute atomic E-state index is 0.101. The number of aromatic carboxylic acids is 1. The lowest BCUT2D eigenvalue weighted by molar-refractivity contribution is -0.384. The SMILES string of the molecule is O=C(O)c1cc([N+](=O)[O-])ccc1C(=O)NCCc1ccccc1. The van der Waals surface area contributed by atoms with Crippen LogP contribution in [-0.4, -0.2) is 28.5 Å². The van der Waals surface area contributed by atoms with E-state index in [2.05, 4.69) is 5.32 Å². The largest absolute Gasteiger partial charge is 0.478 e. The number of benzene rings is 2. The molecular weight excluding hydrogens is 300 g/mol. The van der Waals surface area contributed by atoms with Crippen molar-refractivity contribution >= 4 is 17.6 Å². The molecule has 0 aromatic heterocycles. The molecule has 7 heteroatoms. The van der Waals surface area contributed by atoms with Crippen LogP contribution >= 0.6 is 0 Å². The number of nitrogens with one attached hydrogen (secondary N) is 1. The Bertz CT molecular complexity index is 743. The van der Waals surface area contributed by atoms with Crippen molar-refractivity contribution in [1.82, 2.24) is 5.32 Å². The fourth-order valence-electron chi connectivity index (χ4n) is 2.08. The van der Waals surface area contributed by atoms with Crippen molar-refractivity contribution in [3.05, 3.63) is 75.3 Å². The van der Waals surface area contributed by atoms with E-state index in [4.69, 9.17) is 5.11 Å². The summed E-state index contributed by atoms with van der Waals surface area (Å²) in [7, 11) is 0. The van der Waals surface area contributed by atoms with E-state index in [1.54, 1.807) is 0 Å². The van der Waals surface area contributed by atoms with E-state index in [0.29, 0.717) is 13.0 Å². The highest BCUT2D eigenvalue weighted by Crippen LogP contribution is 2.18. The van der Waals surface area contributed by atoms with Gasteiger partial charge >= 0.3 is 5.97 Å². The second kappa shape index (κ2) is 7.17. The van der Waals surface area contributed by atoms with Crippen LogP contribution in [0.3, 0.4) is 0 Å². The fourth-order valence-corrected chi connectivity index (χ4v) is 2.08. The zero-order chi connectivity index (χ0) is 16.8. The summed E-state index contributed by atoms with van der Waals surface area (Å²) in [5.74, 6) is -1.96. The molecule has 2 aromatic rings. The number of amides is 1. The second-order valence-electron chi connectivity index (χ2n) is 4.78. The van der Waals surface area contributed by atoms with Gasteiger partial charge in [0.25, 0.3) is 11.6 Å². The van der Waals surface area contributed by atoms with Gasteiger partial charge in [-0.15, -0.1) is 0 Å². The summed E-state index contributed by atoms with van der Waals surface area (Å²) in [6.45, 7) is 0.332. The van der Waals surface area contributed by atoms with Gasteiger partial charge in [-0.3, -0.25) is 14.9 Å². The van der Waals surface area contributed by atoms with Gasteiger partial charge in [-0.1, -0.05) is 30.3 Å². The standard InChI is InChI=1S/C16H14N2O5/c19-15(17-9-8-11-4-2-1-3-5-11)13-7-6-12(18(22)23)10-14(13)16(20)21/h1-7,10H,8-9H2,(H,17,19)(H,20,21). The number of rotatable bonds is 6. The number of carbonyl (C=O) groups excluding carboxylic acids is 1. The molecule has 0 spiro atoms. The van der Waals surface area contributed by atoms with Gasteiger partial charge in [0.15, 0.2) is 0 Å². The number of nitro groups is 1. The van der Waals surface area contributed by atoms with Crippen molar-refractivity contribution in [2.75, 3.05) is 6.54 Å². The van der Waals surface area contributed by atoms with E-state index in [0.717, 1.165) is 23.8 Å². The average molecular weight is 314 g/mol. The van der Waals surface area contributed by atoms with Gasteiger partial charge in [0, 0.05) is 18.7 Å². The van der Waals surface area contributed by atoms with Gasteiger partial charge in [0.1, 0.15) is 0 Å². The monoisotopic (exact) mass is 314 g/mol. The molecule has 0 heterocycles. The number of nitrogens with zero attached hydrogens (tertiary/aromatic N) is 1. The molecule has 1 amide bonds. The predicted molar refractivity (Wildman–Crippen MR) is 82.5 cm³/mol. The lowest BCUT2D eigenvalue weighted by Crippen LogP contribution is -2.27. The number of carbonyl (C=O) groups is 2.